The molecule has 0 spiro atoms. The molecule has 6 heteroatoms. The van der Waals surface area contributed by atoms with Crippen molar-refractivity contribution in [2.24, 2.45) is 5.92 Å². The molecule has 5 nitrogen and oxygen atoms in total. The maximum Gasteiger partial charge on any atom is 0.257 e. The first-order valence-electron chi connectivity index (χ1n) is 7.85. The van der Waals surface area contributed by atoms with E-state index in [9.17, 15) is 4.79 Å². The lowest BCUT2D eigenvalue weighted by Crippen LogP contribution is -2.35. The van der Waals surface area contributed by atoms with Gasteiger partial charge in [-0.15, -0.1) is 0 Å². The molecule has 0 aliphatic carbocycles. The predicted octanol–water partition coefficient (Wildman–Crippen LogP) is 3.13. The number of rotatable bonds is 5. The molecular weight excluding hydrogens is 358 g/mol. The molecule has 23 heavy (non-hydrogen) atoms. The van der Waals surface area contributed by atoms with Gasteiger partial charge in [0.15, 0.2) is 0 Å². The average Bonchev–Trinajstić information content (AvgIpc) is 3.24. The van der Waals surface area contributed by atoms with Gasteiger partial charge >= 0.3 is 0 Å². The van der Waals surface area contributed by atoms with Crippen LogP contribution in [0.15, 0.2) is 41.1 Å². The van der Waals surface area contributed by atoms with Gasteiger partial charge in [-0.25, -0.2) is 4.68 Å². The molecule has 1 fully saturated rings. The molecular formula is C17H20BrN3O2. The summed E-state index contributed by atoms with van der Waals surface area (Å²) in [6.45, 7) is 5.00. The second kappa shape index (κ2) is 7.27. The summed E-state index contributed by atoms with van der Waals surface area (Å²) >= 11 is 3.42. The lowest BCUT2D eigenvalue weighted by Gasteiger charge is -2.23. The van der Waals surface area contributed by atoms with Gasteiger partial charge in [0.1, 0.15) is 0 Å². The van der Waals surface area contributed by atoms with Crippen LogP contribution in [0.1, 0.15) is 23.7 Å². The number of hydrogen-bond acceptors (Lipinski definition) is 3. The van der Waals surface area contributed by atoms with Gasteiger partial charge in [0.2, 0.25) is 0 Å². The van der Waals surface area contributed by atoms with Crippen LogP contribution in [0.4, 0.5) is 0 Å². The highest BCUT2D eigenvalue weighted by molar-refractivity contribution is 9.10. The molecule has 0 radical (unpaired) electrons. The van der Waals surface area contributed by atoms with Crippen molar-refractivity contribution in [3.05, 3.63) is 46.7 Å². The van der Waals surface area contributed by atoms with Gasteiger partial charge in [-0.2, -0.15) is 5.10 Å². The molecule has 3 rings (SSSR count). The lowest BCUT2D eigenvalue weighted by molar-refractivity contribution is 0.0731. The molecule has 1 aliphatic heterocycles. The van der Waals surface area contributed by atoms with E-state index < -0.39 is 0 Å². The number of nitrogens with zero attached hydrogens (tertiary/aromatic N) is 3. The molecule has 1 saturated heterocycles. The van der Waals surface area contributed by atoms with Crippen molar-refractivity contribution in [2.45, 2.75) is 13.3 Å². The van der Waals surface area contributed by atoms with Crippen molar-refractivity contribution in [3.8, 4) is 5.69 Å². The number of carbonyl (C=O) groups is 1. The normalized spacial score (nSPS) is 17.4. The van der Waals surface area contributed by atoms with E-state index in [-0.39, 0.29) is 5.91 Å². The van der Waals surface area contributed by atoms with Crippen LogP contribution < -0.4 is 0 Å². The van der Waals surface area contributed by atoms with Crippen LogP contribution >= 0.6 is 15.9 Å². The molecule has 0 bridgehead atoms. The van der Waals surface area contributed by atoms with Gasteiger partial charge in [0, 0.05) is 36.3 Å². The first-order chi connectivity index (χ1) is 11.2. The summed E-state index contributed by atoms with van der Waals surface area (Å²) < 4.78 is 8.14. The largest absolute Gasteiger partial charge is 0.381 e. The van der Waals surface area contributed by atoms with Crippen molar-refractivity contribution in [1.82, 2.24) is 14.7 Å². The van der Waals surface area contributed by atoms with Crippen LogP contribution in [0.2, 0.25) is 0 Å². The zero-order valence-electron chi connectivity index (χ0n) is 13.1. The monoisotopic (exact) mass is 377 g/mol. The molecule has 0 N–H and O–H groups in total. The van der Waals surface area contributed by atoms with Gasteiger partial charge in [-0.05, 0) is 37.6 Å². The van der Waals surface area contributed by atoms with E-state index >= 15 is 0 Å². The molecule has 2 heterocycles. The van der Waals surface area contributed by atoms with Crippen LogP contribution in [-0.2, 0) is 4.74 Å². The van der Waals surface area contributed by atoms with Crippen LogP contribution in [0.3, 0.4) is 0 Å². The van der Waals surface area contributed by atoms with Crippen molar-refractivity contribution in [2.75, 3.05) is 26.3 Å². The Morgan fingerprint density at radius 2 is 2.22 bits per heavy atom. The third-order valence-corrected chi connectivity index (χ3v) is 4.62. The maximum atomic E-state index is 12.7. The maximum absolute atomic E-state index is 12.7. The topological polar surface area (TPSA) is 47.4 Å². The fraction of sp³-hybridized carbons (Fsp3) is 0.412. The van der Waals surface area contributed by atoms with Crippen LogP contribution in [-0.4, -0.2) is 46.9 Å². The zero-order chi connectivity index (χ0) is 16.2. The van der Waals surface area contributed by atoms with Crippen LogP contribution in [0.5, 0.6) is 0 Å². The number of hydrogen-bond donors (Lipinski definition) is 0. The van der Waals surface area contributed by atoms with E-state index in [0.717, 1.165) is 36.3 Å². The zero-order valence-corrected chi connectivity index (χ0v) is 14.7. The number of halogens is 1. The van der Waals surface area contributed by atoms with Crippen molar-refractivity contribution >= 4 is 21.8 Å². The standard InChI is InChI=1S/C17H20BrN3O2/c1-2-20(10-13-7-8-23-12-13)17(22)14-9-19-21(11-14)16-5-3-15(18)4-6-16/h3-6,9,11,13H,2,7-8,10,12H2,1H3/t13-/m1/s1. The quantitative estimate of drug-likeness (QED) is 0.803. The second-order valence-corrected chi connectivity index (χ2v) is 6.64. The summed E-state index contributed by atoms with van der Waals surface area (Å²) in [5.41, 5.74) is 1.55. The fourth-order valence-corrected chi connectivity index (χ4v) is 3.01. The first kappa shape index (κ1) is 16.2. The highest BCUT2D eigenvalue weighted by Crippen LogP contribution is 2.17. The Morgan fingerprint density at radius 3 is 2.87 bits per heavy atom. The van der Waals surface area contributed by atoms with Crippen LogP contribution in [0, 0.1) is 5.92 Å². The minimum atomic E-state index is 0.0303. The van der Waals surface area contributed by atoms with Gasteiger partial charge in [0.25, 0.3) is 5.91 Å². The van der Waals surface area contributed by atoms with Crippen molar-refractivity contribution in [1.29, 1.82) is 0 Å². The number of benzene rings is 1. The Morgan fingerprint density at radius 1 is 1.43 bits per heavy atom. The third-order valence-electron chi connectivity index (χ3n) is 4.09. The molecule has 1 aromatic carbocycles. The Balaban J connectivity index is 1.72. The Bertz CT molecular complexity index is 663. The minimum Gasteiger partial charge on any atom is -0.381 e. The number of ether oxygens (including phenoxy) is 1. The molecule has 1 atom stereocenters. The molecule has 0 unspecified atom stereocenters. The summed E-state index contributed by atoms with van der Waals surface area (Å²) in [7, 11) is 0. The second-order valence-electron chi connectivity index (χ2n) is 5.72. The van der Waals surface area contributed by atoms with E-state index in [1.54, 1.807) is 17.1 Å². The summed E-state index contributed by atoms with van der Waals surface area (Å²) in [6.07, 6.45) is 4.46. The summed E-state index contributed by atoms with van der Waals surface area (Å²) in [4.78, 5) is 14.6. The lowest BCUT2D eigenvalue weighted by atomic mass is 10.1. The molecule has 0 saturated carbocycles. The SMILES string of the molecule is CCN(C[C@H]1CCOC1)C(=O)c1cnn(-c2ccc(Br)cc2)c1. The van der Waals surface area contributed by atoms with E-state index in [0.29, 0.717) is 18.0 Å². The van der Waals surface area contributed by atoms with E-state index in [1.165, 1.54) is 0 Å². The number of carbonyl (C=O) groups excluding carboxylic acids is 1. The minimum absolute atomic E-state index is 0.0303. The predicted molar refractivity (Wildman–Crippen MR) is 91.8 cm³/mol. The molecule has 2 aromatic rings. The van der Waals surface area contributed by atoms with Gasteiger partial charge in [-0.3, -0.25) is 4.79 Å². The first-order valence-corrected chi connectivity index (χ1v) is 8.64. The summed E-state index contributed by atoms with van der Waals surface area (Å²) in [5, 5.41) is 4.31. The molecule has 1 aromatic heterocycles. The highest BCUT2D eigenvalue weighted by atomic mass is 79.9. The molecule has 1 amide bonds. The number of amides is 1. The molecule has 1 aliphatic rings. The molecule has 122 valence electrons. The fourth-order valence-electron chi connectivity index (χ4n) is 2.75. The summed E-state index contributed by atoms with van der Waals surface area (Å²) in [5.74, 6) is 0.475. The van der Waals surface area contributed by atoms with Crippen molar-refractivity contribution in [3.63, 3.8) is 0 Å². The third kappa shape index (κ3) is 3.82. The van der Waals surface area contributed by atoms with Gasteiger partial charge in [-0.1, -0.05) is 15.9 Å². The van der Waals surface area contributed by atoms with E-state index in [2.05, 4.69) is 21.0 Å². The average molecular weight is 378 g/mol. The highest BCUT2D eigenvalue weighted by Gasteiger charge is 2.23. The van der Waals surface area contributed by atoms with Crippen molar-refractivity contribution < 1.29 is 9.53 Å². The van der Waals surface area contributed by atoms with Gasteiger partial charge < -0.3 is 9.64 Å². The van der Waals surface area contributed by atoms with E-state index in [4.69, 9.17) is 4.74 Å². The Kier molecular flexibility index (Phi) is 5.13. The van der Waals surface area contributed by atoms with Gasteiger partial charge in [0.05, 0.1) is 24.1 Å². The number of aromatic nitrogens is 2. The summed E-state index contributed by atoms with van der Waals surface area (Å²) in [6, 6.07) is 7.82. The Hall–Kier alpha value is -1.66. The van der Waals surface area contributed by atoms with Crippen LogP contribution in [0.25, 0.3) is 5.69 Å². The smallest absolute Gasteiger partial charge is 0.257 e. The Labute approximate surface area is 144 Å². The van der Waals surface area contributed by atoms with E-state index in [1.807, 2.05) is 36.1 Å².